The van der Waals surface area contributed by atoms with Crippen molar-refractivity contribution in [1.29, 1.82) is 0 Å². The lowest BCUT2D eigenvalue weighted by Gasteiger charge is -2.24. The summed E-state index contributed by atoms with van der Waals surface area (Å²) in [4.78, 5) is 12.0. The van der Waals surface area contributed by atoms with Crippen molar-refractivity contribution in [2.24, 2.45) is 22.5 Å². The summed E-state index contributed by atoms with van der Waals surface area (Å²) in [6.45, 7) is 13.0. The molecule has 0 bridgehead atoms. The van der Waals surface area contributed by atoms with Crippen LogP contribution in [0.15, 0.2) is 0 Å². The summed E-state index contributed by atoms with van der Waals surface area (Å²) in [6.07, 6.45) is 0. The number of halogens is 1. The third kappa shape index (κ3) is 2.35. The Labute approximate surface area is 105 Å². The van der Waals surface area contributed by atoms with Crippen molar-refractivity contribution in [3.05, 3.63) is 0 Å². The van der Waals surface area contributed by atoms with Crippen LogP contribution in [-0.4, -0.2) is 18.0 Å². The van der Waals surface area contributed by atoms with Crippen molar-refractivity contribution in [3.8, 4) is 0 Å². The molecule has 0 saturated heterocycles. The van der Waals surface area contributed by atoms with E-state index in [1.165, 1.54) is 0 Å². The quantitative estimate of drug-likeness (QED) is 0.802. The molecule has 96 valence electrons. The van der Waals surface area contributed by atoms with Gasteiger partial charge < -0.3 is 11.1 Å². The first-order valence-electron chi connectivity index (χ1n) is 5.58. The van der Waals surface area contributed by atoms with Crippen LogP contribution >= 0.6 is 12.4 Å². The summed E-state index contributed by atoms with van der Waals surface area (Å²) >= 11 is 0. The van der Waals surface area contributed by atoms with Gasteiger partial charge in [-0.05, 0) is 24.7 Å². The van der Waals surface area contributed by atoms with E-state index in [-0.39, 0.29) is 40.6 Å². The van der Waals surface area contributed by atoms with E-state index in [1.807, 2.05) is 13.8 Å². The Morgan fingerprint density at radius 3 is 1.88 bits per heavy atom. The van der Waals surface area contributed by atoms with Gasteiger partial charge in [0.15, 0.2) is 0 Å². The van der Waals surface area contributed by atoms with Crippen LogP contribution in [0.2, 0.25) is 0 Å². The minimum atomic E-state index is -0.300. The summed E-state index contributed by atoms with van der Waals surface area (Å²) < 4.78 is 0. The zero-order valence-corrected chi connectivity index (χ0v) is 12.0. The molecule has 1 saturated carbocycles. The third-order valence-corrected chi connectivity index (χ3v) is 4.25. The van der Waals surface area contributed by atoms with Crippen LogP contribution in [0.4, 0.5) is 0 Å². The molecule has 0 aromatic carbocycles. The normalized spacial score (nSPS) is 22.2. The van der Waals surface area contributed by atoms with E-state index in [0.29, 0.717) is 6.54 Å². The van der Waals surface area contributed by atoms with E-state index < -0.39 is 0 Å². The van der Waals surface area contributed by atoms with Crippen LogP contribution in [0, 0.1) is 16.7 Å². The lowest BCUT2D eigenvalue weighted by molar-refractivity contribution is -0.125. The van der Waals surface area contributed by atoms with Gasteiger partial charge in [-0.25, -0.2) is 0 Å². The molecule has 16 heavy (non-hydrogen) atoms. The maximum atomic E-state index is 12.0. The Kier molecular flexibility index (Phi) is 4.12. The highest BCUT2D eigenvalue weighted by molar-refractivity contribution is 5.85. The average molecular weight is 249 g/mol. The Morgan fingerprint density at radius 1 is 1.25 bits per heavy atom. The fourth-order valence-electron chi connectivity index (χ4n) is 2.31. The second kappa shape index (κ2) is 4.19. The second-order valence-corrected chi connectivity index (χ2v) is 6.45. The van der Waals surface area contributed by atoms with Gasteiger partial charge in [-0.3, -0.25) is 4.79 Å². The van der Waals surface area contributed by atoms with Gasteiger partial charge in [0.1, 0.15) is 0 Å². The minimum Gasteiger partial charge on any atom is -0.350 e. The van der Waals surface area contributed by atoms with Gasteiger partial charge in [0.25, 0.3) is 0 Å². The van der Waals surface area contributed by atoms with E-state index >= 15 is 0 Å². The number of carbonyl (C=O) groups excluding carboxylic acids is 1. The second-order valence-electron chi connectivity index (χ2n) is 6.45. The van der Waals surface area contributed by atoms with E-state index in [9.17, 15) is 4.79 Å². The standard InChI is InChI=1S/C12H24N2O.ClH/c1-10(2,7-13)14-9(15)8-11(3,4)12(8,5)6;/h8H,7,13H2,1-6H3,(H,14,15);1H. The van der Waals surface area contributed by atoms with Gasteiger partial charge in [0.05, 0.1) is 0 Å². The highest BCUT2D eigenvalue weighted by atomic mass is 35.5. The molecule has 0 aromatic heterocycles. The number of rotatable bonds is 3. The third-order valence-electron chi connectivity index (χ3n) is 4.25. The molecule has 0 aromatic rings. The van der Waals surface area contributed by atoms with Crippen LogP contribution in [0.25, 0.3) is 0 Å². The van der Waals surface area contributed by atoms with Crippen molar-refractivity contribution in [3.63, 3.8) is 0 Å². The first-order valence-corrected chi connectivity index (χ1v) is 5.58. The molecule has 0 aliphatic heterocycles. The van der Waals surface area contributed by atoms with Gasteiger partial charge in [-0.1, -0.05) is 27.7 Å². The molecule has 3 N–H and O–H groups in total. The smallest absolute Gasteiger partial charge is 0.224 e. The van der Waals surface area contributed by atoms with Gasteiger partial charge in [-0.15, -0.1) is 12.4 Å². The molecule has 1 amide bonds. The van der Waals surface area contributed by atoms with Crippen molar-refractivity contribution >= 4 is 18.3 Å². The van der Waals surface area contributed by atoms with Crippen molar-refractivity contribution in [1.82, 2.24) is 5.32 Å². The van der Waals surface area contributed by atoms with E-state index in [0.717, 1.165) is 0 Å². The predicted octanol–water partition coefficient (Wildman–Crippen LogP) is 1.94. The molecule has 1 aliphatic rings. The first-order chi connectivity index (χ1) is 6.56. The maximum Gasteiger partial charge on any atom is 0.224 e. The molecule has 0 radical (unpaired) electrons. The molecule has 1 fully saturated rings. The van der Waals surface area contributed by atoms with Gasteiger partial charge in [0.2, 0.25) is 5.91 Å². The Bertz CT molecular complexity index is 271. The predicted molar refractivity (Wildman–Crippen MR) is 69.6 cm³/mol. The van der Waals surface area contributed by atoms with Crippen LogP contribution < -0.4 is 11.1 Å². The molecular weight excluding hydrogens is 224 g/mol. The largest absolute Gasteiger partial charge is 0.350 e. The zero-order valence-electron chi connectivity index (χ0n) is 11.2. The SMILES string of the molecule is CC(C)(CN)NC(=O)C1C(C)(C)C1(C)C.Cl. The molecule has 0 unspecified atom stereocenters. The van der Waals surface area contributed by atoms with E-state index in [4.69, 9.17) is 5.73 Å². The highest BCUT2D eigenvalue weighted by Gasteiger charge is 2.68. The van der Waals surface area contributed by atoms with Crippen molar-refractivity contribution in [2.75, 3.05) is 6.54 Å². The monoisotopic (exact) mass is 248 g/mol. The Balaban J connectivity index is 0.00000225. The molecule has 4 heteroatoms. The summed E-state index contributed by atoms with van der Waals surface area (Å²) in [5.74, 6) is 0.247. The lowest BCUT2D eigenvalue weighted by Crippen LogP contribution is -2.50. The maximum absolute atomic E-state index is 12.0. The van der Waals surface area contributed by atoms with Gasteiger partial charge in [-0.2, -0.15) is 0 Å². The van der Waals surface area contributed by atoms with E-state index in [1.54, 1.807) is 0 Å². The molecular formula is C12H25ClN2O. The fraction of sp³-hybridized carbons (Fsp3) is 0.917. The molecule has 1 rings (SSSR count). The number of carbonyl (C=O) groups is 1. The number of hydrogen-bond donors (Lipinski definition) is 2. The summed E-state index contributed by atoms with van der Waals surface area (Å²) in [5, 5.41) is 3.02. The highest BCUT2D eigenvalue weighted by Crippen LogP contribution is 2.68. The van der Waals surface area contributed by atoms with E-state index in [2.05, 4.69) is 33.0 Å². The number of nitrogens with one attached hydrogen (secondary N) is 1. The number of amides is 1. The van der Waals surface area contributed by atoms with Crippen molar-refractivity contribution in [2.45, 2.75) is 47.1 Å². The molecule has 0 heterocycles. The van der Waals surface area contributed by atoms with Gasteiger partial charge >= 0.3 is 0 Å². The summed E-state index contributed by atoms with van der Waals surface area (Å²) in [7, 11) is 0. The molecule has 1 aliphatic carbocycles. The summed E-state index contributed by atoms with van der Waals surface area (Å²) in [5.41, 5.74) is 5.49. The van der Waals surface area contributed by atoms with Crippen LogP contribution in [-0.2, 0) is 4.79 Å². The van der Waals surface area contributed by atoms with Crippen LogP contribution in [0.5, 0.6) is 0 Å². The van der Waals surface area contributed by atoms with Crippen LogP contribution in [0.3, 0.4) is 0 Å². The Morgan fingerprint density at radius 2 is 1.62 bits per heavy atom. The van der Waals surface area contributed by atoms with Gasteiger partial charge in [0, 0.05) is 18.0 Å². The first kappa shape index (κ1) is 15.7. The van der Waals surface area contributed by atoms with Crippen LogP contribution in [0.1, 0.15) is 41.5 Å². The summed E-state index contributed by atoms with van der Waals surface area (Å²) in [6, 6.07) is 0. The molecule has 0 spiro atoms. The molecule has 3 nitrogen and oxygen atoms in total. The number of nitrogens with two attached hydrogens (primary N) is 1. The average Bonchev–Trinajstić information content (AvgIpc) is 2.41. The minimum absolute atomic E-state index is 0. The zero-order chi connectivity index (χ0) is 12.1. The lowest BCUT2D eigenvalue weighted by atomic mass is 10.0. The fourth-order valence-corrected chi connectivity index (χ4v) is 2.31. The Hall–Kier alpha value is -0.280. The number of hydrogen-bond acceptors (Lipinski definition) is 2. The molecule has 0 atom stereocenters. The topological polar surface area (TPSA) is 55.1 Å². The van der Waals surface area contributed by atoms with Crippen molar-refractivity contribution < 1.29 is 4.79 Å².